The maximum atomic E-state index is 10.5. The molecule has 0 aromatic rings. The average Bonchev–Trinajstić information content (AvgIpc) is 2.03. The van der Waals surface area contributed by atoms with Crippen molar-refractivity contribution in [1.29, 1.82) is 0 Å². The van der Waals surface area contributed by atoms with E-state index < -0.39 is 23.6 Å². The van der Waals surface area contributed by atoms with Crippen LogP contribution in [0.3, 0.4) is 0 Å². The molecule has 0 aromatic carbocycles. The molecule has 0 fully saturated rings. The lowest BCUT2D eigenvalue weighted by atomic mass is 10.0. The zero-order valence-corrected chi connectivity index (χ0v) is 7.17. The number of rotatable bonds is 2. The van der Waals surface area contributed by atoms with E-state index in [-0.39, 0.29) is 11.7 Å². The van der Waals surface area contributed by atoms with E-state index in [0.717, 1.165) is 0 Å². The molecule has 0 saturated heterocycles. The Labute approximate surface area is 78.3 Å². The molecule has 1 aliphatic heterocycles. The summed E-state index contributed by atoms with van der Waals surface area (Å²) < 4.78 is 0. The zero-order valence-electron chi connectivity index (χ0n) is 6.35. The van der Waals surface area contributed by atoms with Gasteiger partial charge in [0.05, 0.1) is 0 Å². The fraction of sp³-hybridized carbons (Fsp3) is 0.333. The van der Waals surface area contributed by atoms with Gasteiger partial charge in [0, 0.05) is 6.54 Å². The summed E-state index contributed by atoms with van der Waals surface area (Å²) in [6.07, 6.45) is 0. The molecule has 1 atom stereocenters. The molecule has 0 amide bonds. The van der Waals surface area contributed by atoms with Crippen LogP contribution in [-0.2, 0) is 9.59 Å². The van der Waals surface area contributed by atoms with Gasteiger partial charge in [-0.2, -0.15) is 0 Å². The van der Waals surface area contributed by atoms with Crippen LogP contribution in [0.15, 0.2) is 4.99 Å². The quantitative estimate of drug-likeness (QED) is 0.502. The molecule has 13 heavy (non-hydrogen) atoms. The number of aliphatic imine (C=N–C) groups is 1. The van der Waals surface area contributed by atoms with Gasteiger partial charge in [0.1, 0.15) is 11.6 Å². The number of nitrogens with zero attached hydrogens (tertiary/aromatic N) is 1. The second-order valence-electron chi connectivity index (χ2n) is 2.38. The van der Waals surface area contributed by atoms with Gasteiger partial charge in [-0.3, -0.25) is 4.79 Å². The highest BCUT2D eigenvalue weighted by atomic mass is 32.1. The van der Waals surface area contributed by atoms with Gasteiger partial charge in [0.2, 0.25) is 0 Å². The Bertz CT molecular complexity index is 312. The first kappa shape index (κ1) is 9.59. The number of carboxylic acid groups (broad SMARTS) is 2. The van der Waals surface area contributed by atoms with Gasteiger partial charge in [-0.15, -0.1) is 0 Å². The average molecular weight is 202 g/mol. The fourth-order valence-corrected chi connectivity index (χ4v) is 1.10. The van der Waals surface area contributed by atoms with Crippen LogP contribution in [0.4, 0.5) is 0 Å². The lowest BCUT2D eigenvalue weighted by Crippen LogP contribution is -2.44. The molecule has 6 nitrogen and oxygen atoms in total. The van der Waals surface area contributed by atoms with Crippen molar-refractivity contribution < 1.29 is 19.8 Å². The standard InChI is InChI=1S/C6H6N2O4S/c9-4(10)2-1-7-6(13)8-3(2)5(11)12/h2H,1H2,(H,7,13)(H,9,10)(H,11,12). The van der Waals surface area contributed by atoms with Crippen LogP contribution in [0, 0.1) is 5.92 Å². The molecule has 0 spiro atoms. The molecule has 7 heteroatoms. The van der Waals surface area contributed by atoms with Gasteiger partial charge in [-0.05, 0) is 12.2 Å². The molecule has 1 rings (SSSR count). The molecule has 1 aliphatic rings. The van der Waals surface area contributed by atoms with E-state index >= 15 is 0 Å². The first-order valence-electron chi connectivity index (χ1n) is 3.35. The second kappa shape index (κ2) is 3.48. The zero-order chi connectivity index (χ0) is 10.0. The van der Waals surface area contributed by atoms with Crippen LogP contribution in [0.2, 0.25) is 0 Å². The van der Waals surface area contributed by atoms with Gasteiger partial charge < -0.3 is 15.5 Å². The third-order valence-corrected chi connectivity index (χ3v) is 1.76. The summed E-state index contributed by atoms with van der Waals surface area (Å²) in [6, 6.07) is 0. The summed E-state index contributed by atoms with van der Waals surface area (Å²) in [4.78, 5) is 24.5. The van der Waals surface area contributed by atoms with Crippen molar-refractivity contribution in [3.63, 3.8) is 0 Å². The van der Waals surface area contributed by atoms with Crippen LogP contribution >= 0.6 is 12.2 Å². The predicted molar refractivity (Wildman–Crippen MR) is 46.8 cm³/mol. The second-order valence-corrected chi connectivity index (χ2v) is 2.77. The highest BCUT2D eigenvalue weighted by Gasteiger charge is 2.32. The Balaban J connectivity index is 3.00. The van der Waals surface area contributed by atoms with Crippen LogP contribution in [0.5, 0.6) is 0 Å². The normalized spacial score (nSPS) is 21.7. The molecule has 1 unspecified atom stereocenters. The molecular formula is C6H6N2O4S. The van der Waals surface area contributed by atoms with E-state index in [1.54, 1.807) is 0 Å². The Morgan fingerprint density at radius 2 is 2.15 bits per heavy atom. The minimum atomic E-state index is -1.35. The first-order valence-corrected chi connectivity index (χ1v) is 3.75. The number of hydrogen-bond acceptors (Lipinski definition) is 3. The molecule has 70 valence electrons. The Hall–Kier alpha value is -1.50. The molecule has 0 aromatic heterocycles. The van der Waals surface area contributed by atoms with E-state index in [2.05, 4.69) is 22.5 Å². The molecule has 0 radical (unpaired) electrons. The molecule has 0 aliphatic carbocycles. The van der Waals surface area contributed by atoms with E-state index in [1.807, 2.05) is 0 Å². The van der Waals surface area contributed by atoms with Crippen LogP contribution in [-0.4, -0.2) is 39.5 Å². The van der Waals surface area contributed by atoms with Crippen LogP contribution in [0.1, 0.15) is 0 Å². The molecule has 0 bridgehead atoms. The summed E-state index contributed by atoms with van der Waals surface area (Å²) in [5.74, 6) is -3.71. The molecule has 3 N–H and O–H groups in total. The van der Waals surface area contributed by atoms with Gasteiger partial charge in [0.25, 0.3) is 0 Å². The van der Waals surface area contributed by atoms with Crippen molar-refractivity contribution in [2.75, 3.05) is 6.54 Å². The summed E-state index contributed by atoms with van der Waals surface area (Å²) in [5.41, 5.74) is -0.420. The van der Waals surface area contributed by atoms with Crippen molar-refractivity contribution in [2.24, 2.45) is 10.9 Å². The lowest BCUT2D eigenvalue weighted by molar-refractivity contribution is -0.140. The third kappa shape index (κ3) is 2.00. The Morgan fingerprint density at radius 1 is 1.54 bits per heavy atom. The fourth-order valence-electron chi connectivity index (χ4n) is 0.914. The van der Waals surface area contributed by atoms with Gasteiger partial charge in [-0.25, -0.2) is 9.79 Å². The predicted octanol–water partition coefficient (Wildman–Crippen LogP) is -0.899. The Kier molecular flexibility index (Phi) is 2.57. The number of thiocarbonyl (C=S) groups is 1. The van der Waals surface area contributed by atoms with E-state index in [0.29, 0.717) is 0 Å². The van der Waals surface area contributed by atoms with Crippen molar-refractivity contribution in [3.8, 4) is 0 Å². The number of carbonyl (C=O) groups is 2. The van der Waals surface area contributed by atoms with E-state index in [9.17, 15) is 9.59 Å². The first-order chi connectivity index (χ1) is 6.02. The molecular weight excluding hydrogens is 196 g/mol. The van der Waals surface area contributed by atoms with Crippen LogP contribution in [0.25, 0.3) is 0 Å². The van der Waals surface area contributed by atoms with Crippen molar-refractivity contribution >= 4 is 35.0 Å². The highest BCUT2D eigenvalue weighted by Crippen LogP contribution is 2.05. The largest absolute Gasteiger partial charge is 0.481 e. The monoisotopic (exact) mass is 202 g/mol. The Morgan fingerprint density at radius 3 is 2.62 bits per heavy atom. The van der Waals surface area contributed by atoms with Crippen molar-refractivity contribution in [1.82, 2.24) is 5.32 Å². The SMILES string of the molecule is O=C(O)C1=NC(=S)NCC1C(=O)O. The molecule has 0 saturated carbocycles. The van der Waals surface area contributed by atoms with Crippen molar-refractivity contribution in [2.45, 2.75) is 0 Å². The van der Waals surface area contributed by atoms with Gasteiger partial charge in [0.15, 0.2) is 5.11 Å². The van der Waals surface area contributed by atoms with Crippen molar-refractivity contribution in [3.05, 3.63) is 0 Å². The van der Waals surface area contributed by atoms with Gasteiger partial charge >= 0.3 is 11.9 Å². The number of carboxylic acids is 2. The summed E-state index contributed by atoms with van der Waals surface area (Å²) in [7, 11) is 0. The topological polar surface area (TPSA) is 99.0 Å². The minimum absolute atomic E-state index is 0.00917. The number of nitrogens with one attached hydrogen (secondary N) is 1. The minimum Gasteiger partial charge on any atom is -0.481 e. The summed E-state index contributed by atoms with van der Waals surface area (Å²) in [6.45, 7) is -0.0285. The third-order valence-electron chi connectivity index (χ3n) is 1.53. The number of aliphatic carboxylic acids is 2. The van der Waals surface area contributed by atoms with E-state index in [4.69, 9.17) is 10.2 Å². The highest BCUT2D eigenvalue weighted by molar-refractivity contribution is 7.80. The number of hydrogen-bond donors (Lipinski definition) is 3. The maximum Gasteiger partial charge on any atom is 0.351 e. The van der Waals surface area contributed by atoms with Gasteiger partial charge in [-0.1, -0.05) is 0 Å². The van der Waals surface area contributed by atoms with Crippen LogP contribution < -0.4 is 5.32 Å². The molecule has 1 heterocycles. The maximum absolute atomic E-state index is 10.5. The summed E-state index contributed by atoms with van der Waals surface area (Å²) >= 11 is 4.59. The smallest absolute Gasteiger partial charge is 0.351 e. The van der Waals surface area contributed by atoms with E-state index in [1.165, 1.54) is 0 Å². The lowest BCUT2D eigenvalue weighted by Gasteiger charge is -2.18. The summed E-state index contributed by atoms with van der Waals surface area (Å²) in [5, 5.41) is 19.7.